The minimum atomic E-state index is -4.18. The fourth-order valence-electron chi connectivity index (χ4n) is 2.69. The molecule has 112 valence electrons. The second-order valence-electron chi connectivity index (χ2n) is 5.03. The number of halogens is 4. The SMILES string of the molecule is COc1ccc(Cl)cc1NC1CCCCC1C(F)(F)F. The Bertz CT molecular complexity index is 464. The number of methoxy groups -OCH3 is 1. The molecule has 0 bridgehead atoms. The van der Waals surface area contributed by atoms with Gasteiger partial charge in [-0.2, -0.15) is 13.2 Å². The highest BCUT2D eigenvalue weighted by Crippen LogP contribution is 2.40. The van der Waals surface area contributed by atoms with E-state index in [4.69, 9.17) is 16.3 Å². The molecule has 0 spiro atoms. The molecule has 0 heterocycles. The summed E-state index contributed by atoms with van der Waals surface area (Å²) in [4.78, 5) is 0. The Morgan fingerprint density at radius 2 is 1.95 bits per heavy atom. The predicted octanol–water partition coefficient (Wildman–Crippen LogP) is 4.88. The lowest BCUT2D eigenvalue weighted by Crippen LogP contribution is -2.41. The molecule has 1 aromatic carbocycles. The van der Waals surface area contributed by atoms with Crippen molar-refractivity contribution in [3.05, 3.63) is 23.2 Å². The van der Waals surface area contributed by atoms with Crippen LogP contribution < -0.4 is 10.1 Å². The van der Waals surface area contributed by atoms with Crippen LogP contribution in [0.4, 0.5) is 18.9 Å². The van der Waals surface area contributed by atoms with Crippen molar-refractivity contribution in [1.82, 2.24) is 0 Å². The zero-order valence-electron chi connectivity index (χ0n) is 11.1. The van der Waals surface area contributed by atoms with E-state index < -0.39 is 18.1 Å². The number of hydrogen-bond donors (Lipinski definition) is 1. The van der Waals surface area contributed by atoms with Gasteiger partial charge in [0.15, 0.2) is 0 Å². The normalized spacial score (nSPS) is 23.4. The van der Waals surface area contributed by atoms with Crippen molar-refractivity contribution in [2.24, 2.45) is 5.92 Å². The maximum atomic E-state index is 13.1. The van der Waals surface area contributed by atoms with E-state index in [1.54, 1.807) is 18.2 Å². The maximum Gasteiger partial charge on any atom is 0.393 e. The molecule has 2 unspecified atom stereocenters. The summed E-state index contributed by atoms with van der Waals surface area (Å²) >= 11 is 5.90. The standard InChI is InChI=1S/C14H17ClF3NO/c1-20-13-7-6-9(15)8-12(13)19-11-5-3-2-4-10(11)14(16,17)18/h6-8,10-11,19H,2-5H2,1H3. The van der Waals surface area contributed by atoms with E-state index in [2.05, 4.69) is 5.32 Å². The third-order valence-corrected chi connectivity index (χ3v) is 3.92. The highest BCUT2D eigenvalue weighted by Gasteiger charge is 2.45. The van der Waals surface area contributed by atoms with Gasteiger partial charge in [0.2, 0.25) is 0 Å². The largest absolute Gasteiger partial charge is 0.495 e. The summed E-state index contributed by atoms with van der Waals surface area (Å²) in [6.07, 6.45) is -2.09. The van der Waals surface area contributed by atoms with Crippen molar-refractivity contribution in [3.8, 4) is 5.75 Å². The van der Waals surface area contributed by atoms with Crippen molar-refractivity contribution in [3.63, 3.8) is 0 Å². The van der Waals surface area contributed by atoms with Gasteiger partial charge in [-0.3, -0.25) is 0 Å². The smallest absolute Gasteiger partial charge is 0.393 e. The summed E-state index contributed by atoms with van der Waals surface area (Å²) in [6, 6.07) is 4.27. The predicted molar refractivity (Wildman–Crippen MR) is 73.4 cm³/mol. The lowest BCUT2D eigenvalue weighted by atomic mass is 9.84. The summed E-state index contributed by atoms with van der Waals surface area (Å²) < 4.78 is 44.3. The first kappa shape index (κ1) is 15.3. The Balaban J connectivity index is 2.20. The van der Waals surface area contributed by atoms with Gasteiger partial charge in [0.05, 0.1) is 18.7 Å². The highest BCUT2D eigenvalue weighted by molar-refractivity contribution is 6.30. The first-order chi connectivity index (χ1) is 9.41. The fourth-order valence-corrected chi connectivity index (χ4v) is 2.86. The van der Waals surface area contributed by atoms with Gasteiger partial charge in [-0.05, 0) is 31.0 Å². The lowest BCUT2D eigenvalue weighted by molar-refractivity contribution is -0.184. The molecule has 1 fully saturated rings. The molecule has 0 amide bonds. The van der Waals surface area contributed by atoms with Crippen molar-refractivity contribution in [1.29, 1.82) is 0 Å². The zero-order valence-corrected chi connectivity index (χ0v) is 11.9. The van der Waals surface area contributed by atoms with Crippen molar-refractivity contribution >= 4 is 17.3 Å². The molecule has 0 saturated heterocycles. The Morgan fingerprint density at radius 1 is 1.25 bits per heavy atom. The molecule has 2 atom stereocenters. The van der Waals surface area contributed by atoms with Gasteiger partial charge in [0.1, 0.15) is 5.75 Å². The number of alkyl halides is 3. The first-order valence-corrected chi connectivity index (χ1v) is 6.96. The highest BCUT2D eigenvalue weighted by atomic mass is 35.5. The van der Waals surface area contributed by atoms with Gasteiger partial charge >= 0.3 is 6.18 Å². The second kappa shape index (κ2) is 6.12. The van der Waals surface area contributed by atoms with Crippen molar-refractivity contribution in [2.75, 3.05) is 12.4 Å². The third-order valence-electron chi connectivity index (χ3n) is 3.69. The van der Waals surface area contributed by atoms with Crippen LogP contribution in [-0.2, 0) is 0 Å². The average Bonchev–Trinajstić information content (AvgIpc) is 2.38. The van der Waals surface area contributed by atoms with Crippen LogP contribution in [0.1, 0.15) is 25.7 Å². The molecule has 1 saturated carbocycles. The molecule has 0 radical (unpaired) electrons. The van der Waals surface area contributed by atoms with E-state index >= 15 is 0 Å². The third kappa shape index (κ3) is 3.51. The Labute approximate surface area is 121 Å². The molecule has 1 aliphatic rings. The van der Waals surface area contributed by atoms with Gasteiger partial charge < -0.3 is 10.1 Å². The van der Waals surface area contributed by atoms with Crippen LogP contribution in [0.5, 0.6) is 5.75 Å². The van der Waals surface area contributed by atoms with E-state index in [1.807, 2.05) is 0 Å². The number of ether oxygens (including phenoxy) is 1. The molecule has 1 aliphatic carbocycles. The molecule has 0 aromatic heterocycles. The van der Waals surface area contributed by atoms with E-state index in [0.29, 0.717) is 29.3 Å². The topological polar surface area (TPSA) is 21.3 Å². The molecule has 1 aromatic rings. The van der Waals surface area contributed by atoms with E-state index in [1.165, 1.54) is 7.11 Å². The minimum Gasteiger partial charge on any atom is -0.495 e. The molecular formula is C14H17ClF3NO. The molecule has 1 N–H and O–H groups in total. The minimum absolute atomic E-state index is 0.171. The van der Waals surface area contributed by atoms with Gasteiger partial charge in [0, 0.05) is 11.1 Å². The Hall–Kier alpha value is -1.10. The number of nitrogens with one attached hydrogen (secondary N) is 1. The van der Waals surface area contributed by atoms with Crippen molar-refractivity contribution < 1.29 is 17.9 Å². The van der Waals surface area contributed by atoms with Crippen LogP contribution in [0, 0.1) is 5.92 Å². The number of hydrogen-bond acceptors (Lipinski definition) is 2. The number of benzene rings is 1. The molecule has 2 rings (SSSR count). The maximum absolute atomic E-state index is 13.1. The molecular weight excluding hydrogens is 291 g/mol. The summed E-state index contributed by atoms with van der Waals surface area (Å²) in [5.41, 5.74) is 0.515. The second-order valence-corrected chi connectivity index (χ2v) is 5.46. The van der Waals surface area contributed by atoms with Crippen LogP contribution in [0.3, 0.4) is 0 Å². The van der Waals surface area contributed by atoms with Gasteiger partial charge in [-0.15, -0.1) is 0 Å². The average molecular weight is 308 g/mol. The first-order valence-electron chi connectivity index (χ1n) is 6.58. The molecule has 0 aliphatic heterocycles. The van der Waals surface area contributed by atoms with Crippen molar-refractivity contribution in [2.45, 2.75) is 37.9 Å². The van der Waals surface area contributed by atoms with E-state index in [0.717, 1.165) is 6.42 Å². The van der Waals surface area contributed by atoms with Gasteiger partial charge in [-0.25, -0.2) is 0 Å². The van der Waals surface area contributed by atoms with Crippen LogP contribution >= 0.6 is 11.6 Å². The summed E-state index contributed by atoms with van der Waals surface area (Å²) in [5, 5.41) is 3.43. The Kier molecular flexibility index (Phi) is 4.68. The summed E-state index contributed by atoms with van der Waals surface area (Å²) in [7, 11) is 1.48. The fraction of sp³-hybridized carbons (Fsp3) is 0.571. The van der Waals surface area contributed by atoms with E-state index in [-0.39, 0.29) is 6.42 Å². The summed E-state index contributed by atoms with van der Waals surface area (Å²) in [5.74, 6) is -0.819. The quantitative estimate of drug-likeness (QED) is 0.859. The number of anilines is 1. The molecule has 6 heteroatoms. The van der Waals surface area contributed by atoms with Gasteiger partial charge in [-0.1, -0.05) is 24.4 Å². The summed E-state index contributed by atoms with van der Waals surface area (Å²) in [6.45, 7) is 0. The molecule has 2 nitrogen and oxygen atoms in total. The number of rotatable bonds is 3. The lowest BCUT2D eigenvalue weighted by Gasteiger charge is -2.34. The zero-order chi connectivity index (χ0) is 14.8. The van der Waals surface area contributed by atoms with Crippen LogP contribution in [0.2, 0.25) is 5.02 Å². The van der Waals surface area contributed by atoms with Crippen LogP contribution in [-0.4, -0.2) is 19.3 Å². The molecule has 20 heavy (non-hydrogen) atoms. The van der Waals surface area contributed by atoms with Crippen LogP contribution in [0.15, 0.2) is 18.2 Å². The monoisotopic (exact) mass is 307 g/mol. The Morgan fingerprint density at radius 3 is 2.60 bits per heavy atom. The van der Waals surface area contributed by atoms with E-state index in [9.17, 15) is 13.2 Å². The van der Waals surface area contributed by atoms with Crippen LogP contribution in [0.25, 0.3) is 0 Å². The van der Waals surface area contributed by atoms with Gasteiger partial charge in [0.25, 0.3) is 0 Å².